The zero-order valence-corrected chi connectivity index (χ0v) is 13.4. The van der Waals surface area contributed by atoms with Gasteiger partial charge in [0.25, 0.3) is 5.91 Å². The van der Waals surface area contributed by atoms with Gasteiger partial charge in [-0.05, 0) is 31.4 Å². The number of likely N-dealkylation sites (N-methyl/N-ethyl adjacent to an activating group) is 1. The van der Waals surface area contributed by atoms with Crippen LogP contribution < -0.4 is 15.2 Å². The Morgan fingerprint density at radius 1 is 1.38 bits per heavy atom. The van der Waals surface area contributed by atoms with Gasteiger partial charge in [0.15, 0.2) is 6.61 Å². The minimum Gasteiger partial charge on any atom is -0.497 e. The maximum Gasteiger partial charge on any atom is 0.260 e. The number of hydrogen-bond donors (Lipinski definition) is 1. The predicted molar refractivity (Wildman–Crippen MR) is 83.8 cm³/mol. The summed E-state index contributed by atoms with van der Waals surface area (Å²) in [4.78, 5) is 13.5. The molecule has 0 bridgehead atoms. The van der Waals surface area contributed by atoms with Crippen molar-refractivity contribution in [2.45, 2.75) is 32.7 Å². The van der Waals surface area contributed by atoms with Crippen molar-refractivity contribution < 1.29 is 14.3 Å². The van der Waals surface area contributed by atoms with Gasteiger partial charge >= 0.3 is 0 Å². The van der Waals surface area contributed by atoms with Crippen molar-refractivity contribution in [3.05, 3.63) is 23.8 Å². The lowest BCUT2D eigenvalue weighted by molar-refractivity contribution is -0.131. The second kappa shape index (κ2) is 8.52. The van der Waals surface area contributed by atoms with E-state index in [-0.39, 0.29) is 18.6 Å². The summed E-state index contributed by atoms with van der Waals surface area (Å²) in [5, 5.41) is 0. The molecule has 118 valence electrons. The van der Waals surface area contributed by atoms with Crippen molar-refractivity contribution in [2.24, 2.45) is 5.73 Å². The number of carbonyl (C=O) groups is 1. The van der Waals surface area contributed by atoms with E-state index in [0.717, 1.165) is 12.0 Å². The van der Waals surface area contributed by atoms with E-state index in [4.69, 9.17) is 15.2 Å². The second-order valence-electron chi connectivity index (χ2n) is 5.04. The Balaban J connectivity index is 2.83. The van der Waals surface area contributed by atoms with Gasteiger partial charge < -0.3 is 20.1 Å². The van der Waals surface area contributed by atoms with E-state index in [1.807, 2.05) is 19.1 Å². The molecular formula is C16H26N2O3. The van der Waals surface area contributed by atoms with Crippen LogP contribution in [0.5, 0.6) is 11.5 Å². The molecule has 1 atom stereocenters. The first-order valence-corrected chi connectivity index (χ1v) is 7.31. The predicted octanol–water partition coefficient (Wildman–Crippen LogP) is 1.83. The molecule has 0 aliphatic carbocycles. The van der Waals surface area contributed by atoms with Crippen LogP contribution in [0.1, 0.15) is 25.8 Å². The number of rotatable bonds is 8. The standard InChI is InChI=1S/C16H26N2O3/c1-5-13(17)9-12-7-8-14(20-4)10-15(12)21-11-16(19)18(3)6-2/h7-8,10,13H,5-6,9,11,17H2,1-4H3. The largest absolute Gasteiger partial charge is 0.497 e. The molecule has 0 fully saturated rings. The van der Waals surface area contributed by atoms with Gasteiger partial charge in [0.05, 0.1) is 7.11 Å². The van der Waals surface area contributed by atoms with Gasteiger partial charge in [0.1, 0.15) is 11.5 Å². The summed E-state index contributed by atoms with van der Waals surface area (Å²) in [6.45, 7) is 4.66. The Morgan fingerprint density at radius 2 is 2.10 bits per heavy atom. The van der Waals surface area contributed by atoms with Crippen molar-refractivity contribution in [3.63, 3.8) is 0 Å². The van der Waals surface area contributed by atoms with E-state index in [9.17, 15) is 4.79 Å². The quantitative estimate of drug-likeness (QED) is 0.794. The van der Waals surface area contributed by atoms with Gasteiger partial charge in [-0.15, -0.1) is 0 Å². The molecule has 0 aromatic heterocycles. The molecule has 0 aliphatic heterocycles. The van der Waals surface area contributed by atoms with Crippen LogP contribution in [0.3, 0.4) is 0 Å². The highest BCUT2D eigenvalue weighted by molar-refractivity contribution is 5.77. The second-order valence-corrected chi connectivity index (χ2v) is 5.04. The summed E-state index contributed by atoms with van der Waals surface area (Å²) in [5.41, 5.74) is 7.01. The highest BCUT2D eigenvalue weighted by atomic mass is 16.5. The smallest absolute Gasteiger partial charge is 0.260 e. The molecule has 0 saturated heterocycles. The first-order chi connectivity index (χ1) is 10.0. The average molecular weight is 294 g/mol. The molecule has 1 amide bonds. The summed E-state index contributed by atoms with van der Waals surface area (Å²) in [6.07, 6.45) is 1.61. The molecular weight excluding hydrogens is 268 g/mol. The van der Waals surface area contributed by atoms with Gasteiger partial charge in [-0.3, -0.25) is 4.79 Å². The molecule has 1 unspecified atom stereocenters. The first kappa shape index (κ1) is 17.3. The number of methoxy groups -OCH3 is 1. The Hall–Kier alpha value is -1.75. The van der Waals surface area contributed by atoms with Crippen LogP contribution in [-0.2, 0) is 11.2 Å². The number of benzene rings is 1. The molecule has 0 saturated carbocycles. The third-order valence-electron chi connectivity index (χ3n) is 3.53. The number of carbonyl (C=O) groups excluding carboxylic acids is 1. The Bertz CT molecular complexity index is 463. The van der Waals surface area contributed by atoms with Crippen LogP contribution in [0.4, 0.5) is 0 Å². The third-order valence-corrected chi connectivity index (χ3v) is 3.53. The molecule has 2 N–H and O–H groups in total. The fourth-order valence-electron chi connectivity index (χ4n) is 1.82. The highest BCUT2D eigenvalue weighted by Gasteiger charge is 2.12. The summed E-state index contributed by atoms with van der Waals surface area (Å²) in [7, 11) is 3.36. The lowest BCUT2D eigenvalue weighted by Crippen LogP contribution is -2.31. The van der Waals surface area contributed by atoms with Crippen LogP contribution in [0, 0.1) is 0 Å². The van der Waals surface area contributed by atoms with Crippen molar-refractivity contribution in [2.75, 3.05) is 27.3 Å². The molecule has 1 aromatic rings. The Labute approximate surface area is 127 Å². The van der Waals surface area contributed by atoms with Crippen molar-refractivity contribution in [1.29, 1.82) is 0 Å². The van der Waals surface area contributed by atoms with Gasteiger partial charge in [0, 0.05) is 25.7 Å². The number of amides is 1. The van der Waals surface area contributed by atoms with E-state index in [0.29, 0.717) is 24.5 Å². The summed E-state index contributed by atoms with van der Waals surface area (Å²) >= 11 is 0. The van der Waals surface area contributed by atoms with E-state index in [2.05, 4.69) is 6.92 Å². The molecule has 1 rings (SSSR count). The molecule has 0 spiro atoms. The molecule has 5 nitrogen and oxygen atoms in total. The summed E-state index contributed by atoms with van der Waals surface area (Å²) in [6, 6.07) is 5.70. The Morgan fingerprint density at radius 3 is 2.67 bits per heavy atom. The fourth-order valence-corrected chi connectivity index (χ4v) is 1.82. The van der Waals surface area contributed by atoms with E-state index in [1.54, 1.807) is 25.1 Å². The third kappa shape index (κ3) is 5.27. The number of nitrogens with zero attached hydrogens (tertiary/aromatic N) is 1. The SMILES string of the molecule is CCC(N)Cc1ccc(OC)cc1OCC(=O)N(C)CC. The molecule has 0 radical (unpaired) electrons. The van der Waals surface area contributed by atoms with Gasteiger partial charge in [0.2, 0.25) is 0 Å². The van der Waals surface area contributed by atoms with Gasteiger partial charge in [-0.1, -0.05) is 13.0 Å². The molecule has 5 heteroatoms. The number of ether oxygens (including phenoxy) is 2. The minimum absolute atomic E-state index is 0.0197. The molecule has 0 heterocycles. The van der Waals surface area contributed by atoms with Crippen LogP contribution in [0.25, 0.3) is 0 Å². The zero-order chi connectivity index (χ0) is 15.8. The van der Waals surface area contributed by atoms with E-state index >= 15 is 0 Å². The highest BCUT2D eigenvalue weighted by Crippen LogP contribution is 2.26. The van der Waals surface area contributed by atoms with Crippen molar-refractivity contribution in [3.8, 4) is 11.5 Å². The van der Waals surface area contributed by atoms with Gasteiger partial charge in [-0.2, -0.15) is 0 Å². The van der Waals surface area contributed by atoms with E-state index in [1.165, 1.54) is 0 Å². The lowest BCUT2D eigenvalue weighted by atomic mass is 10.0. The van der Waals surface area contributed by atoms with Crippen molar-refractivity contribution in [1.82, 2.24) is 4.90 Å². The maximum atomic E-state index is 11.8. The number of nitrogens with two attached hydrogens (primary N) is 1. The maximum absolute atomic E-state index is 11.8. The van der Waals surface area contributed by atoms with E-state index < -0.39 is 0 Å². The monoisotopic (exact) mass is 294 g/mol. The molecule has 21 heavy (non-hydrogen) atoms. The zero-order valence-electron chi connectivity index (χ0n) is 13.4. The normalized spacial score (nSPS) is 11.9. The molecule has 1 aromatic carbocycles. The van der Waals surface area contributed by atoms with Crippen molar-refractivity contribution >= 4 is 5.91 Å². The summed E-state index contributed by atoms with van der Waals surface area (Å²) < 4.78 is 10.9. The minimum atomic E-state index is -0.0499. The lowest BCUT2D eigenvalue weighted by Gasteiger charge is -2.18. The summed E-state index contributed by atoms with van der Waals surface area (Å²) in [5.74, 6) is 1.32. The topological polar surface area (TPSA) is 64.8 Å². The first-order valence-electron chi connectivity index (χ1n) is 7.31. The van der Waals surface area contributed by atoms with Crippen LogP contribution in [0.2, 0.25) is 0 Å². The Kier molecular flexibility index (Phi) is 7.02. The van der Waals surface area contributed by atoms with Crippen LogP contribution in [0.15, 0.2) is 18.2 Å². The van der Waals surface area contributed by atoms with Gasteiger partial charge in [-0.25, -0.2) is 0 Å². The average Bonchev–Trinajstić information content (AvgIpc) is 2.52. The fraction of sp³-hybridized carbons (Fsp3) is 0.562. The van der Waals surface area contributed by atoms with Crippen LogP contribution in [-0.4, -0.2) is 44.2 Å². The number of hydrogen-bond acceptors (Lipinski definition) is 4. The molecule has 0 aliphatic rings. The van der Waals surface area contributed by atoms with Crippen LogP contribution >= 0.6 is 0 Å².